The lowest BCUT2D eigenvalue weighted by molar-refractivity contribution is 0.385. The van der Waals surface area contributed by atoms with Crippen LogP contribution in [0, 0.1) is 12.7 Å². The third kappa shape index (κ3) is 4.85. The van der Waals surface area contributed by atoms with E-state index in [0.29, 0.717) is 11.3 Å². The van der Waals surface area contributed by atoms with Crippen molar-refractivity contribution in [1.82, 2.24) is 0 Å². The number of benzene rings is 1. The Morgan fingerprint density at radius 2 is 1.57 bits per heavy atom. The molecule has 14 heavy (non-hydrogen) atoms. The number of hydrogen-bond acceptors (Lipinski definition) is 1. The highest BCUT2D eigenvalue weighted by Crippen LogP contribution is 2.18. The number of ether oxygens (including phenoxy) is 1. The van der Waals surface area contributed by atoms with Crippen molar-refractivity contribution in [2.24, 2.45) is 0 Å². The number of halogens is 1. The van der Waals surface area contributed by atoms with E-state index in [1.807, 2.05) is 27.7 Å². The molecule has 0 aliphatic carbocycles. The molecule has 0 aromatic heterocycles. The first kappa shape index (κ1) is 15.4. The van der Waals surface area contributed by atoms with Gasteiger partial charge in [0.25, 0.3) is 0 Å². The topological polar surface area (TPSA) is 9.23 Å². The van der Waals surface area contributed by atoms with E-state index in [0.717, 1.165) is 0 Å². The summed E-state index contributed by atoms with van der Waals surface area (Å²) in [6.45, 7) is 9.71. The van der Waals surface area contributed by atoms with Gasteiger partial charge in [-0.3, -0.25) is 0 Å². The van der Waals surface area contributed by atoms with Gasteiger partial charge in [0.2, 0.25) is 0 Å². The molecular formula is C12H21FO. The molecule has 0 spiro atoms. The Morgan fingerprint density at radius 1 is 1.07 bits per heavy atom. The minimum absolute atomic E-state index is 0.273. The zero-order chi connectivity index (χ0) is 11.6. The fraction of sp³-hybridized carbons (Fsp3) is 0.500. The van der Waals surface area contributed by atoms with Crippen LogP contribution in [0.15, 0.2) is 18.2 Å². The Labute approximate surface area is 86.9 Å². The molecule has 0 atom stereocenters. The molecule has 0 amide bonds. The summed E-state index contributed by atoms with van der Waals surface area (Å²) >= 11 is 0. The highest BCUT2D eigenvalue weighted by molar-refractivity contribution is 5.29. The molecule has 0 saturated heterocycles. The van der Waals surface area contributed by atoms with Crippen LogP contribution in [0.5, 0.6) is 5.75 Å². The van der Waals surface area contributed by atoms with Gasteiger partial charge in [0, 0.05) is 0 Å². The molecule has 0 heterocycles. The van der Waals surface area contributed by atoms with Crippen molar-refractivity contribution in [3.05, 3.63) is 29.6 Å². The predicted octanol–water partition coefficient (Wildman–Crippen LogP) is 4.20. The molecule has 1 aromatic rings. The first-order valence-corrected chi connectivity index (χ1v) is 5.05. The maximum absolute atomic E-state index is 12.9. The van der Waals surface area contributed by atoms with Crippen molar-refractivity contribution in [2.75, 3.05) is 7.11 Å². The Hall–Kier alpha value is -1.05. The number of hydrogen-bond donors (Lipinski definition) is 0. The molecule has 82 valence electrons. The van der Waals surface area contributed by atoms with Gasteiger partial charge in [0.1, 0.15) is 0 Å². The highest BCUT2D eigenvalue weighted by Gasteiger charge is 2.02. The molecule has 1 aromatic carbocycles. The summed E-state index contributed by atoms with van der Waals surface area (Å²) in [6, 6.07) is 5.07. The molecule has 0 N–H and O–H groups in total. The minimum Gasteiger partial charge on any atom is -0.494 e. The van der Waals surface area contributed by atoms with E-state index >= 15 is 0 Å². The summed E-state index contributed by atoms with van der Waals surface area (Å²) in [4.78, 5) is 0. The average Bonchev–Trinajstić information content (AvgIpc) is 2.28. The van der Waals surface area contributed by atoms with Gasteiger partial charge in [-0.1, -0.05) is 39.8 Å². The second-order valence-corrected chi connectivity index (χ2v) is 2.09. The van der Waals surface area contributed by atoms with Gasteiger partial charge in [0.15, 0.2) is 11.6 Å². The van der Waals surface area contributed by atoms with Crippen molar-refractivity contribution < 1.29 is 9.13 Å². The molecule has 0 radical (unpaired) electrons. The largest absolute Gasteiger partial charge is 0.494 e. The lowest BCUT2D eigenvalue weighted by Crippen LogP contribution is -1.89. The molecule has 0 fully saturated rings. The molecule has 0 aliphatic heterocycles. The van der Waals surface area contributed by atoms with Crippen LogP contribution in [0.1, 0.15) is 33.3 Å². The summed E-state index contributed by atoms with van der Waals surface area (Å²) in [5.41, 5.74) is 0.611. The highest BCUT2D eigenvalue weighted by atomic mass is 19.1. The summed E-state index contributed by atoms with van der Waals surface area (Å²) < 4.78 is 17.6. The quantitative estimate of drug-likeness (QED) is 0.660. The van der Waals surface area contributed by atoms with Crippen LogP contribution in [0.2, 0.25) is 0 Å². The van der Waals surface area contributed by atoms with Crippen molar-refractivity contribution in [3.8, 4) is 5.75 Å². The fourth-order valence-corrected chi connectivity index (χ4v) is 0.778. The third-order valence-electron chi connectivity index (χ3n) is 1.38. The SMILES string of the molecule is CC.CC.COc1cccc(C)c1F. The van der Waals surface area contributed by atoms with Crippen molar-refractivity contribution in [3.63, 3.8) is 0 Å². The van der Waals surface area contributed by atoms with Gasteiger partial charge < -0.3 is 4.74 Å². The molecule has 0 saturated carbocycles. The lowest BCUT2D eigenvalue weighted by atomic mass is 10.2. The van der Waals surface area contributed by atoms with Gasteiger partial charge in [-0.15, -0.1) is 0 Å². The predicted molar refractivity (Wildman–Crippen MR) is 60.4 cm³/mol. The molecule has 0 aliphatic rings. The van der Waals surface area contributed by atoms with Crippen LogP contribution >= 0.6 is 0 Å². The van der Waals surface area contributed by atoms with Crippen LogP contribution < -0.4 is 4.74 Å². The van der Waals surface area contributed by atoms with Crippen LogP contribution in [0.25, 0.3) is 0 Å². The van der Waals surface area contributed by atoms with Crippen molar-refractivity contribution in [1.29, 1.82) is 0 Å². The summed E-state index contributed by atoms with van der Waals surface area (Å²) in [5.74, 6) is 0.0324. The lowest BCUT2D eigenvalue weighted by Gasteiger charge is -2.01. The fourth-order valence-electron chi connectivity index (χ4n) is 0.778. The van der Waals surface area contributed by atoms with Gasteiger partial charge in [-0.25, -0.2) is 4.39 Å². The second kappa shape index (κ2) is 10.0. The normalized spacial score (nSPS) is 7.64. The molecule has 1 nitrogen and oxygen atoms in total. The molecule has 1 rings (SSSR count). The van der Waals surface area contributed by atoms with Crippen LogP contribution in [0.4, 0.5) is 4.39 Å². The zero-order valence-corrected chi connectivity index (χ0v) is 10.0. The Kier molecular flexibility index (Phi) is 11.1. The van der Waals surface area contributed by atoms with Gasteiger partial charge in [0.05, 0.1) is 7.11 Å². The number of methoxy groups -OCH3 is 1. The van der Waals surface area contributed by atoms with Gasteiger partial charge >= 0.3 is 0 Å². The van der Waals surface area contributed by atoms with Crippen LogP contribution in [0.3, 0.4) is 0 Å². The smallest absolute Gasteiger partial charge is 0.167 e. The summed E-state index contributed by atoms with van der Waals surface area (Å²) in [5, 5.41) is 0. The van der Waals surface area contributed by atoms with E-state index in [9.17, 15) is 4.39 Å². The molecule has 0 bridgehead atoms. The maximum atomic E-state index is 12.9. The van der Waals surface area contributed by atoms with E-state index in [4.69, 9.17) is 4.74 Å². The Bertz CT molecular complexity index is 234. The number of rotatable bonds is 1. The summed E-state index contributed by atoms with van der Waals surface area (Å²) in [6.07, 6.45) is 0. The Balaban J connectivity index is 0. The van der Waals surface area contributed by atoms with Crippen molar-refractivity contribution >= 4 is 0 Å². The van der Waals surface area contributed by atoms with Crippen molar-refractivity contribution in [2.45, 2.75) is 34.6 Å². The second-order valence-electron chi connectivity index (χ2n) is 2.09. The zero-order valence-electron chi connectivity index (χ0n) is 10.0. The van der Waals surface area contributed by atoms with Crippen LogP contribution in [-0.2, 0) is 0 Å². The molecular weight excluding hydrogens is 179 g/mol. The van der Waals surface area contributed by atoms with E-state index in [2.05, 4.69) is 0 Å². The van der Waals surface area contributed by atoms with E-state index < -0.39 is 0 Å². The van der Waals surface area contributed by atoms with E-state index in [-0.39, 0.29) is 5.82 Å². The standard InChI is InChI=1S/C8H9FO.2C2H6/c1-6-4-3-5-7(10-2)8(6)9;2*1-2/h3-5H,1-2H3;2*1-2H3. The third-order valence-corrected chi connectivity index (χ3v) is 1.38. The monoisotopic (exact) mass is 200 g/mol. The van der Waals surface area contributed by atoms with Crippen LogP contribution in [-0.4, -0.2) is 7.11 Å². The van der Waals surface area contributed by atoms with Gasteiger partial charge in [-0.05, 0) is 18.6 Å². The van der Waals surface area contributed by atoms with Gasteiger partial charge in [-0.2, -0.15) is 0 Å². The minimum atomic E-state index is -0.273. The molecule has 2 heteroatoms. The average molecular weight is 200 g/mol. The van der Waals surface area contributed by atoms with E-state index in [1.54, 1.807) is 25.1 Å². The maximum Gasteiger partial charge on any atom is 0.167 e. The molecule has 0 unspecified atom stereocenters. The first-order chi connectivity index (χ1) is 6.75. The van der Waals surface area contributed by atoms with E-state index in [1.165, 1.54) is 7.11 Å². The summed E-state index contributed by atoms with van der Waals surface area (Å²) in [7, 11) is 1.46. The first-order valence-electron chi connectivity index (χ1n) is 5.05. The number of aryl methyl sites for hydroxylation is 1. The Morgan fingerprint density at radius 3 is 1.93 bits per heavy atom.